The lowest BCUT2D eigenvalue weighted by Gasteiger charge is -2.37. The van der Waals surface area contributed by atoms with Gasteiger partial charge in [-0.05, 0) is 20.3 Å². The molecule has 16 heavy (non-hydrogen) atoms. The van der Waals surface area contributed by atoms with Crippen molar-refractivity contribution < 1.29 is 9.53 Å². The topological polar surface area (TPSA) is 55.6 Å². The lowest BCUT2D eigenvalue weighted by molar-refractivity contribution is -0.147. The minimum atomic E-state index is -0.449. The average Bonchev–Trinajstić information content (AvgIpc) is 2.28. The van der Waals surface area contributed by atoms with Gasteiger partial charge in [0.05, 0.1) is 18.1 Å². The van der Waals surface area contributed by atoms with E-state index in [-0.39, 0.29) is 24.4 Å². The van der Waals surface area contributed by atoms with Crippen molar-refractivity contribution in [3.63, 3.8) is 0 Å². The molecule has 1 fully saturated rings. The third kappa shape index (κ3) is 3.61. The standard InChI is InChI=1S/C11H22N2O2.ClH/c1-4-9-7-13(5-6-15-9)10(14)11(2,3)8-12;/h9H,4-8,12H2,1-3H3;1H. The molecule has 0 spiro atoms. The van der Waals surface area contributed by atoms with Crippen LogP contribution in [0.15, 0.2) is 0 Å². The number of carbonyl (C=O) groups excluding carboxylic acids is 1. The molecule has 1 aliphatic heterocycles. The SMILES string of the molecule is CCC1CN(C(=O)C(C)(C)CN)CCO1.Cl. The Bertz CT molecular complexity index is 234. The summed E-state index contributed by atoms with van der Waals surface area (Å²) in [5, 5.41) is 0. The number of nitrogens with two attached hydrogens (primary N) is 1. The molecule has 1 amide bonds. The van der Waals surface area contributed by atoms with Crippen LogP contribution in [0.4, 0.5) is 0 Å². The lowest BCUT2D eigenvalue weighted by atomic mass is 9.91. The Morgan fingerprint density at radius 1 is 1.56 bits per heavy atom. The Labute approximate surface area is 104 Å². The molecule has 1 unspecified atom stereocenters. The first-order valence-electron chi connectivity index (χ1n) is 5.62. The summed E-state index contributed by atoms with van der Waals surface area (Å²) >= 11 is 0. The molecule has 0 saturated carbocycles. The van der Waals surface area contributed by atoms with Crippen LogP contribution < -0.4 is 5.73 Å². The van der Waals surface area contributed by atoms with Crippen molar-refractivity contribution in [1.29, 1.82) is 0 Å². The molecule has 96 valence electrons. The second-order valence-electron chi connectivity index (χ2n) is 4.74. The number of rotatable bonds is 3. The fraction of sp³-hybridized carbons (Fsp3) is 0.909. The van der Waals surface area contributed by atoms with Crippen molar-refractivity contribution in [3.05, 3.63) is 0 Å². The van der Waals surface area contributed by atoms with E-state index in [1.807, 2.05) is 18.7 Å². The van der Waals surface area contributed by atoms with Crippen LogP contribution in [0.2, 0.25) is 0 Å². The van der Waals surface area contributed by atoms with Gasteiger partial charge in [0.15, 0.2) is 0 Å². The zero-order valence-corrected chi connectivity index (χ0v) is 11.2. The minimum absolute atomic E-state index is 0. The Hall–Kier alpha value is -0.320. The number of amides is 1. The van der Waals surface area contributed by atoms with Crippen molar-refractivity contribution in [2.24, 2.45) is 11.1 Å². The largest absolute Gasteiger partial charge is 0.375 e. The lowest BCUT2D eigenvalue weighted by Crippen LogP contribution is -2.51. The molecule has 0 aliphatic carbocycles. The Balaban J connectivity index is 0.00000225. The number of hydrogen-bond acceptors (Lipinski definition) is 3. The van der Waals surface area contributed by atoms with E-state index < -0.39 is 5.41 Å². The van der Waals surface area contributed by atoms with Gasteiger partial charge in [-0.2, -0.15) is 0 Å². The summed E-state index contributed by atoms with van der Waals surface area (Å²) in [7, 11) is 0. The predicted molar refractivity (Wildman–Crippen MR) is 66.7 cm³/mol. The van der Waals surface area contributed by atoms with E-state index in [0.717, 1.165) is 6.42 Å². The van der Waals surface area contributed by atoms with Crippen LogP contribution in [0.3, 0.4) is 0 Å². The van der Waals surface area contributed by atoms with Crippen LogP contribution in [-0.4, -0.2) is 43.2 Å². The minimum Gasteiger partial charge on any atom is -0.375 e. The van der Waals surface area contributed by atoms with Gasteiger partial charge in [0, 0.05) is 19.6 Å². The highest BCUT2D eigenvalue weighted by Crippen LogP contribution is 2.19. The van der Waals surface area contributed by atoms with Gasteiger partial charge in [0.2, 0.25) is 5.91 Å². The Morgan fingerprint density at radius 3 is 2.69 bits per heavy atom. The molecule has 2 N–H and O–H groups in total. The third-order valence-electron chi connectivity index (χ3n) is 2.97. The van der Waals surface area contributed by atoms with Crippen molar-refractivity contribution in [2.45, 2.75) is 33.3 Å². The molecule has 0 aromatic rings. The number of carbonyl (C=O) groups is 1. The zero-order chi connectivity index (χ0) is 11.5. The van der Waals surface area contributed by atoms with Gasteiger partial charge >= 0.3 is 0 Å². The Kier molecular flexibility index (Phi) is 6.30. The van der Waals surface area contributed by atoms with Crippen LogP contribution in [0, 0.1) is 5.41 Å². The van der Waals surface area contributed by atoms with Gasteiger partial charge in [-0.25, -0.2) is 0 Å². The molecule has 1 saturated heterocycles. The van der Waals surface area contributed by atoms with Crippen LogP contribution in [0.5, 0.6) is 0 Å². The fourth-order valence-electron chi connectivity index (χ4n) is 1.67. The van der Waals surface area contributed by atoms with Crippen molar-refractivity contribution in [3.8, 4) is 0 Å². The highest BCUT2D eigenvalue weighted by molar-refractivity contribution is 5.85. The molecule has 0 aromatic heterocycles. The van der Waals surface area contributed by atoms with Gasteiger partial charge < -0.3 is 15.4 Å². The van der Waals surface area contributed by atoms with Crippen LogP contribution in [-0.2, 0) is 9.53 Å². The predicted octanol–water partition coefficient (Wildman–Crippen LogP) is 1.03. The normalized spacial score (nSPS) is 21.5. The zero-order valence-electron chi connectivity index (χ0n) is 10.4. The van der Waals surface area contributed by atoms with E-state index in [4.69, 9.17) is 10.5 Å². The van der Waals surface area contributed by atoms with Crippen LogP contribution >= 0.6 is 12.4 Å². The molecular formula is C11H23ClN2O2. The number of nitrogens with zero attached hydrogens (tertiary/aromatic N) is 1. The number of halogens is 1. The fourth-order valence-corrected chi connectivity index (χ4v) is 1.67. The monoisotopic (exact) mass is 250 g/mol. The quantitative estimate of drug-likeness (QED) is 0.814. The first kappa shape index (κ1) is 15.7. The molecule has 1 rings (SSSR count). The maximum absolute atomic E-state index is 12.1. The van der Waals surface area contributed by atoms with Gasteiger partial charge in [-0.1, -0.05) is 6.92 Å². The van der Waals surface area contributed by atoms with E-state index in [1.54, 1.807) is 0 Å². The van der Waals surface area contributed by atoms with E-state index in [0.29, 0.717) is 26.2 Å². The second-order valence-corrected chi connectivity index (χ2v) is 4.74. The second kappa shape index (κ2) is 6.42. The first-order valence-corrected chi connectivity index (χ1v) is 5.62. The summed E-state index contributed by atoms with van der Waals surface area (Å²) in [6, 6.07) is 0. The van der Waals surface area contributed by atoms with Crippen molar-refractivity contribution >= 4 is 18.3 Å². The van der Waals surface area contributed by atoms with Crippen LogP contribution in [0.1, 0.15) is 27.2 Å². The molecule has 0 aromatic carbocycles. The van der Waals surface area contributed by atoms with E-state index in [2.05, 4.69) is 6.92 Å². The molecule has 0 bridgehead atoms. The number of ether oxygens (including phenoxy) is 1. The molecule has 5 heteroatoms. The van der Waals surface area contributed by atoms with Gasteiger partial charge in [0.1, 0.15) is 0 Å². The third-order valence-corrected chi connectivity index (χ3v) is 2.97. The first-order chi connectivity index (χ1) is 7.01. The van der Waals surface area contributed by atoms with Crippen molar-refractivity contribution in [2.75, 3.05) is 26.2 Å². The van der Waals surface area contributed by atoms with Gasteiger partial charge in [-0.3, -0.25) is 4.79 Å². The summed E-state index contributed by atoms with van der Waals surface area (Å²) < 4.78 is 5.53. The highest BCUT2D eigenvalue weighted by atomic mass is 35.5. The molecule has 1 heterocycles. The number of hydrogen-bond donors (Lipinski definition) is 1. The molecule has 4 nitrogen and oxygen atoms in total. The maximum Gasteiger partial charge on any atom is 0.229 e. The Morgan fingerprint density at radius 2 is 2.19 bits per heavy atom. The van der Waals surface area contributed by atoms with Crippen LogP contribution in [0.25, 0.3) is 0 Å². The molecular weight excluding hydrogens is 228 g/mol. The van der Waals surface area contributed by atoms with E-state index in [9.17, 15) is 4.79 Å². The van der Waals surface area contributed by atoms with Gasteiger partial charge in [0.25, 0.3) is 0 Å². The van der Waals surface area contributed by atoms with Crippen molar-refractivity contribution in [1.82, 2.24) is 4.90 Å². The summed E-state index contributed by atoms with van der Waals surface area (Å²) in [5.74, 6) is 0.145. The number of morpholine rings is 1. The summed E-state index contributed by atoms with van der Waals surface area (Å²) in [5.41, 5.74) is 5.15. The maximum atomic E-state index is 12.1. The average molecular weight is 251 g/mol. The smallest absolute Gasteiger partial charge is 0.229 e. The summed E-state index contributed by atoms with van der Waals surface area (Å²) in [6.45, 7) is 8.30. The summed E-state index contributed by atoms with van der Waals surface area (Å²) in [6.07, 6.45) is 1.14. The highest BCUT2D eigenvalue weighted by Gasteiger charge is 2.33. The van der Waals surface area contributed by atoms with Gasteiger partial charge in [-0.15, -0.1) is 12.4 Å². The van der Waals surface area contributed by atoms with E-state index in [1.165, 1.54) is 0 Å². The summed E-state index contributed by atoms with van der Waals surface area (Å²) in [4.78, 5) is 14.0. The molecule has 0 radical (unpaired) electrons. The van der Waals surface area contributed by atoms with E-state index >= 15 is 0 Å². The molecule has 1 atom stereocenters. The molecule has 1 aliphatic rings.